The Morgan fingerprint density at radius 1 is 1.29 bits per heavy atom. The quantitative estimate of drug-likeness (QED) is 0.489. The number of nitro groups is 1. The van der Waals surface area contributed by atoms with Crippen LogP contribution in [-0.4, -0.2) is 16.0 Å². The summed E-state index contributed by atoms with van der Waals surface area (Å²) in [5, 5.41) is 11.7. The van der Waals surface area contributed by atoms with Gasteiger partial charge in [-0.3, -0.25) is 10.1 Å². The van der Waals surface area contributed by atoms with Gasteiger partial charge in [-0.25, -0.2) is 0 Å². The minimum absolute atomic E-state index is 0.135. The molecule has 0 unspecified atom stereocenters. The number of nitrogens with two attached hydrogens (primary N) is 1. The molecule has 0 amide bonds. The van der Waals surface area contributed by atoms with E-state index in [0.29, 0.717) is 6.54 Å². The van der Waals surface area contributed by atoms with Gasteiger partial charge >= 0.3 is 0 Å². The van der Waals surface area contributed by atoms with E-state index in [9.17, 15) is 10.1 Å². The molecule has 2 aromatic rings. The van der Waals surface area contributed by atoms with E-state index in [-0.39, 0.29) is 10.6 Å². The number of hydrogen-bond acceptors (Lipinski definition) is 3. The molecule has 1 aromatic carbocycles. The number of unbranched alkanes of at least 4 members (excludes halogenated alkanes) is 1. The Bertz CT molecular complexity index is 534. The first-order chi connectivity index (χ1) is 8.22. The van der Waals surface area contributed by atoms with Gasteiger partial charge < -0.3 is 10.3 Å². The van der Waals surface area contributed by atoms with Crippen LogP contribution in [-0.2, 0) is 6.54 Å². The summed E-state index contributed by atoms with van der Waals surface area (Å²) in [6, 6.07) is 6.92. The van der Waals surface area contributed by atoms with Crippen molar-refractivity contribution in [2.75, 3.05) is 6.54 Å². The summed E-state index contributed by atoms with van der Waals surface area (Å²) >= 11 is 0. The summed E-state index contributed by atoms with van der Waals surface area (Å²) in [5.74, 6) is 0. The molecule has 0 bridgehead atoms. The van der Waals surface area contributed by atoms with Crippen LogP contribution in [0.5, 0.6) is 0 Å². The van der Waals surface area contributed by atoms with Crippen molar-refractivity contribution in [3.63, 3.8) is 0 Å². The number of nitrogens with zero attached hydrogens (tertiary/aromatic N) is 2. The Kier molecular flexibility index (Phi) is 3.39. The van der Waals surface area contributed by atoms with Crippen LogP contribution in [0.15, 0.2) is 30.5 Å². The molecule has 5 nitrogen and oxygen atoms in total. The zero-order valence-corrected chi connectivity index (χ0v) is 9.50. The largest absolute Gasteiger partial charge is 0.347 e. The smallest absolute Gasteiger partial charge is 0.271 e. The SMILES string of the molecule is NCCCCn1ccc2ccc([N+](=O)[O-])cc21. The lowest BCUT2D eigenvalue weighted by Crippen LogP contribution is -2.02. The highest BCUT2D eigenvalue weighted by molar-refractivity contribution is 5.82. The summed E-state index contributed by atoms with van der Waals surface area (Å²) in [7, 11) is 0. The first-order valence-corrected chi connectivity index (χ1v) is 5.66. The van der Waals surface area contributed by atoms with Crippen LogP contribution in [0.4, 0.5) is 5.69 Å². The molecule has 2 N–H and O–H groups in total. The predicted octanol–water partition coefficient (Wildman–Crippen LogP) is 2.29. The van der Waals surface area contributed by atoms with Gasteiger partial charge in [-0.05, 0) is 31.5 Å². The van der Waals surface area contributed by atoms with Crippen molar-refractivity contribution in [1.82, 2.24) is 4.57 Å². The number of aryl methyl sites for hydroxylation is 1. The lowest BCUT2D eigenvalue weighted by atomic mass is 10.2. The molecule has 5 heteroatoms. The Hall–Kier alpha value is -1.88. The third kappa shape index (κ3) is 2.45. The summed E-state index contributed by atoms with van der Waals surface area (Å²) in [6.07, 6.45) is 3.92. The maximum atomic E-state index is 10.7. The van der Waals surface area contributed by atoms with Crippen molar-refractivity contribution in [3.05, 3.63) is 40.6 Å². The van der Waals surface area contributed by atoms with Gasteiger partial charge in [0, 0.05) is 30.3 Å². The number of rotatable bonds is 5. The number of hydrogen-bond donors (Lipinski definition) is 1. The first-order valence-electron chi connectivity index (χ1n) is 5.66. The molecule has 0 aliphatic rings. The van der Waals surface area contributed by atoms with Gasteiger partial charge in [0.05, 0.1) is 10.4 Å². The molecule has 0 fully saturated rings. The van der Waals surface area contributed by atoms with Crippen molar-refractivity contribution in [2.45, 2.75) is 19.4 Å². The highest BCUT2D eigenvalue weighted by Gasteiger charge is 2.08. The summed E-state index contributed by atoms with van der Waals surface area (Å²) < 4.78 is 2.04. The second-order valence-electron chi connectivity index (χ2n) is 4.01. The molecule has 90 valence electrons. The minimum atomic E-state index is -0.364. The molecule has 0 spiro atoms. The van der Waals surface area contributed by atoms with Gasteiger partial charge in [-0.1, -0.05) is 0 Å². The average Bonchev–Trinajstić information content (AvgIpc) is 2.72. The predicted molar refractivity (Wildman–Crippen MR) is 66.9 cm³/mol. The van der Waals surface area contributed by atoms with Crippen LogP contribution < -0.4 is 5.73 Å². The van der Waals surface area contributed by atoms with Crippen LogP contribution in [0.1, 0.15) is 12.8 Å². The van der Waals surface area contributed by atoms with Gasteiger partial charge in [-0.15, -0.1) is 0 Å². The molecule has 0 aliphatic carbocycles. The highest BCUT2D eigenvalue weighted by atomic mass is 16.6. The van der Waals surface area contributed by atoms with E-state index < -0.39 is 0 Å². The van der Waals surface area contributed by atoms with Crippen LogP contribution in [0.3, 0.4) is 0 Å². The van der Waals surface area contributed by atoms with E-state index in [2.05, 4.69) is 0 Å². The molecule has 0 radical (unpaired) electrons. The van der Waals surface area contributed by atoms with Gasteiger partial charge in [0.15, 0.2) is 0 Å². The number of benzene rings is 1. The molecule has 2 rings (SSSR count). The van der Waals surface area contributed by atoms with E-state index in [1.165, 1.54) is 6.07 Å². The summed E-state index contributed by atoms with van der Waals surface area (Å²) in [6.45, 7) is 1.53. The fourth-order valence-corrected chi connectivity index (χ4v) is 1.91. The standard InChI is InChI=1S/C12H15N3O2/c13-6-1-2-7-14-8-5-10-3-4-11(15(16)17)9-12(10)14/h3-5,8-9H,1-2,6-7,13H2. The normalized spacial score (nSPS) is 10.9. The van der Waals surface area contributed by atoms with Crippen LogP contribution in [0.25, 0.3) is 10.9 Å². The third-order valence-electron chi connectivity index (χ3n) is 2.82. The minimum Gasteiger partial charge on any atom is -0.347 e. The molecule has 17 heavy (non-hydrogen) atoms. The van der Waals surface area contributed by atoms with E-state index in [0.717, 1.165) is 30.3 Å². The number of nitro benzene ring substituents is 1. The number of fused-ring (bicyclic) bond motifs is 1. The van der Waals surface area contributed by atoms with Crippen LogP contribution in [0, 0.1) is 10.1 Å². The fraction of sp³-hybridized carbons (Fsp3) is 0.333. The lowest BCUT2D eigenvalue weighted by molar-refractivity contribution is -0.384. The van der Waals surface area contributed by atoms with Crippen molar-refractivity contribution < 1.29 is 4.92 Å². The Labute approximate surface area is 99.0 Å². The summed E-state index contributed by atoms with van der Waals surface area (Å²) in [5.41, 5.74) is 6.49. The zero-order chi connectivity index (χ0) is 12.3. The van der Waals surface area contributed by atoms with Gasteiger partial charge in [0.1, 0.15) is 0 Å². The third-order valence-corrected chi connectivity index (χ3v) is 2.82. The van der Waals surface area contributed by atoms with Gasteiger partial charge in [0.2, 0.25) is 0 Å². The topological polar surface area (TPSA) is 74.1 Å². The fourth-order valence-electron chi connectivity index (χ4n) is 1.91. The molecule has 0 atom stereocenters. The Morgan fingerprint density at radius 3 is 2.82 bits per heavy atom. The maximum absolute atomic E-state index is 10.7. The Balaban J connectivity index is 2.30. The maximum Gasteiger partial charge on any atom is 0.271 e. The zero-order valence-electron chi connectivity index (χ0n) is 9.50. The summed E-state index contributed by atoms with van der Waals surface area (Å²) in [4.78, 5) is 10.4. The van der Waals surface area contributed by atoms with E-state index in [1.54, 1.807) is 12.1 Å². The van der Waals surface area contributed by atoms with Gasteiger partial charge in [-0.2, -0.15) is 0 Å². The molecule has 1 heterocycles. The van der Waals surface area contributed by atoms with Crippen molar-refractivity contribution in [1.29, 1.82) is 0 Å². The van der Waals surface area contributed by atoms with Crippen LogP contribution in [0.2, 0.25) is 0 Å². The van der Waals surface area contributed by atoms with Crippen molar-refractivity contribution in [2.24, 2.45) is 5.73 Å². The number of aromatic nitrogens is 1. The molecular weight excluding hydrogens is 218 g/mol. The van der Waals surface area contributed by atoms with Crippen molar-refractivity contribution >= 4 is 16.6 Å². The van der Waals surface area contributed by atoms with Gasteiger partial charge in [0.25, 0.3) is 5.69 Å². The average molecular weight is 233 g/mol. The molecule has 0 saturated carbocycles. The second kappa shape index (κ2) is 4.97. The Morgan fingerprint density at radius 2 is 2.12 bits per heavy atom. The molecular formula is C12H15N3O2. The van der Waals surface area contributed by atoms with E-state index in [4.69, 9.17) is 5.73 Å². The first kappa shape index (κ1) is 11.6. The molecule has 0 aliphatic heterocycles. The second-order valence-corrected chi connectivity index (χ2v) is 4.01. The van der Waals surface area contributed by atoms with E-state index >= 15 is 0 Å². The lowest BCUT2D eigenvalue weighted by Gasteiger charge is -2.04. The monoisotopic (exact) mass is 233 g/mol. The van der Waals surface area contributed by atoms with E-state index in [1.807, 2.05) is 16.8 Å². The molecule has 0 saturated heterocycles. The number of non-ortho nitro benzene ring substituents is 1. The molecule has 1 aromatic heterocycles. The van der Waals surface area contributed by atoms with Crippen molar-refractivity contribution in [3.8, 4) is 0 Å². The van der Waals surface area contributed by atoms with Crippen LogP contribution >= 0.6 is 0 Å². The highest BCUT2D eigenvalue weighted by Crippen LogP contribution is 2.22.